The van der Waals surface area contributed by atoms with Gasteiger partial charge in [0.2, 0.25) is 0 Å². The van der Waals surface area contributed by atoms with E-state index in [4.69, 9.17) is 9.84 Å². The molecule has 0 saturated carbocycles. The van der Waals surface area contributed by atoms with E-state index in [0.717, 1.165) is 0 Å². The lowest BCUT2D eigenvalue weighted by atomic mass is 10.1. The Morgan fingerprint density at radius 3 is 2.39 bits per heavy atom. The molecule has 23 heavy (non-hydrogen) atoms. The van der Waals surface area contributed by atoms with Crippen molar-refractivity contribution in [1.82, 2.24) is 0 Å². The molecule has 0 saturated heterocycles. The van der Waals surface area contributed by atoms with Crippen LogP contribution in [0.4, 0.5) is 11.4 Å². The molecule has 0 heterocycles. The van der Waals surface area contributed by atoms with Crippen LogP contribution in [-0.4, -0.2) is 28.5 Å². The number of aliphatic carboxylic acids is 1. The van der Waals surface area contributed by atoms with Crippen molar-refractivity contribution in [2.24, 2.45) is 0 Å². The molecule has 8 heteroatoms. The summed E-state index contributed by atoms with van der Waals surface area (Å²) in [5, 5.41) is 21.9. The molecule has 2 aromatic rings. The van der Waals surface area contributed by atoms with Crippen LogP contribution in [-0.2, 0) is 4.79 Å². The van der Waals surface area contributed by atoms with E-state index in [1.54, 1.807) is 0 Å². The van der Waals surface area contributed by atoms with Crippen LogP contribution in [0.5, 0.6) is 5.75 Å². The van der Waals surface area contributed by atoms with Gasteiger partial charge in [0, 0.05) is 11.8 Å². The van der Waals surface area contributed by atoms with Gasteiger partial charge in [-0.25, -0.2) is 4.79 Å². The average molecular weight is 316 g/mol. The normalized spacial score (nSPS) is 9.91. The second kappa shape index (κ2) is 7.03. The lowest BCUT2D eigenvalue weighted by molar-refractivity contribution is -0.385. The Balaban J connectivity index is 2.09. The van der Waals surface area contributed by atoms with Crippen molar-refractivity contribution in [3.63, 3.8) is 0 Å². The zero-order valence-corrected chi connectivity index (χ0v) is 11.8. The van der Waals surface area contributed by atoms with E-state index in [1.807, 2.05) is 0 Å². The molecule has 0 bridgehead atoms. The van der Waals surface area contributed by atoms with Crippen LogP contribution in [0.1, 0.15) is 10.4 Å². The van der Waals surface area contributed by atoms with Crippen LogP contribution >= 0.6 is 0 Å². The Labute approximate surface area is 130 Å². The summed E-state index contributed by atoms with van der Waals surface area (Å²) >= 11 is 0. The average Bonchev–Trinajstić information content (AvgIpc) is 2.54. The minimum absolute atomic E-state index is 0.0521. The number of amides is 1. The molecule has 0 aliphatic carbocycles. The topological polar surface area (TPSA) is 119 Å². The number of anilines is 1. The van der Waals surface area contributed by atoms with Crippen LogP contribution in [0.25, 0.3) is 0 Å². The van der Waals surface area contributed by atoms with E-state index in [9.17, 15) is 19.7 Å². The molecule has 0 radical (unpaired) electrons. The number of nitro benzene ring substituents is 1. The van der Waals surface area contributed by atoms with Crippen molar-refractivity contribution in [3.8, 4) is 5.75 Å². The summed E-state index contributed by atoms with van der Waals surface area (Å²) in [5.41, 5.74) is 0.0611. The smallest absolute Gasteiger partial charge is 0.341 e. The highest BCUT2D eigenvalue weighted by Crippen LogP contribution is 2.20. The highest BCUT2D eigenvalue weighted by Gasteiger charge is 2.19. The number of hydrogen-bond donors (Lipinski definition) is 2. The first-order chi connectivity index (χ1) is 11.0. The quantitative estimate of drug-likeness (QED) is 0.623. The zero-order valence-electron chi connectivity index (χ0n) is 11.8. The van der Waals surface area contributed by atoms with E-state index in [0.29, 0.717) is 11.4 Å². The molecule has 2 rings (SSSR count). The maximum atomic E-state index is 12.1. The number of carboxylic acid groups (broad SMARTS) is 1. The molecule has 0 spiro atoms. The van der Waals surface area contributed by atoms with Crippen LogP contribution in [0.15, 0.2) is 48.5 Å². The van der Waals surface area contributed by atoms with E-state index < -0.39 is 23.4 Å². The Kier molecular flexibility index (Phi) is 4.88. The van der Waals surface area contributed by atoms with Crippen molar-refractivity contribution >= 4 is 23.3 Å². The third-order valence-corrected chi connectivity index (χ3v) is 2.82. The summed E-state index contributed by atoms with van der Waals surface area (Å²) in [6.45, 7) is -0.470. The van der Waals surface area contributed by atoms with Gasteiger partial charge in [-0.05, 0) is 30.3 Å². The molecular formula is C15H12N2O6. The molecule has 0 aromatic heterocycles. The Hall–Kier alpha value is -3.42. The number of rotatable bonds is 6. The zero-order chi connectivity index (χ0) is 16.8. The van der Waals surface area contributed by atoms with Gasteiger partial charge in [0.25, 0.3) is 11.6 Å². The third-order valence-electron chi connectivity index (χ3n) is 2.82. The number of nitro groups is 1. The first-order valence-electron chi connectivity index (χ1n) is 6.47. The molecule has 8 nitrogen and oxygen atoms in total. The minimum Gasteiger partial charge on any atom is -0.482 e. The fraction of sp³-hybridized carbons (Fsp3) is 0.0667. The summed E-state index contributed by atoms with van der Waals surface area (Å²) in [6, 6.07) is 11.6. The van der Waals surface area contributed by atoms with E-state index >= 15 is 0 Å². The third kappa shape index (κ3) is 4.27. The van der Waals surface area contributed by atoms with Gasteiger partial charge in [-0.3, -0.25) is 14.9 Å². The van der Waals surface area contributed by atoms with Gasteiger partial charge >= 0.3 is 5.97 Å². The molecule has 2 aromatic carbocycles. The molecule has 0 atom stereocenters. The molecule has 0 aliphatic rings. The lowest BCUT2D eigenvalue weighted by Gasteiger charge is -2.07. The summed E-state index contributed by atoms with van der Waals surface area (Å²) in [7, 11) is 0. The summed E-state index contributed by atoms with van der Waals surface area (Å²) in [4.78, 5) is 32.8. The summed E-state index contributed by atoms with van der Waals surface area (Å²) in [6.07, 6.45) is 0. The van der Waals surface area contributed by atoms with Crippen molar-refractivity contribution < 1.29 is 24.4 Å². The number of ether oxygens (including phenoxy) is 1. The number of benzene rings is 2. The van der Waals surface area contributed by atoms with Crippen LogP contribution in [0.3, 0.4) is 0 Å². The molecule has 0 fully saturated rings. The fourth-order valence-electron chi connectivity index (χ4n) is 1.80. The highest BCUT2D eigenvalue weighted by atomic mass is 16.6. The minimum atomic E-state index is -1.10. The number of carbonyl (C=O) groups is 2. The number of hydrogen-bond acceptors (Lipinski definition) is 5. The predicted molar refractivity (Wildman–Crippen MR) is 80.6 cm³/mol. The second-order valence-electron chi connectivity index (χ2n) is 4.44. The van der Waals surface area contributed by atoms with Crippen LogP contribution in [0, 0.1) is 10.1 Å². The number of nitrogens with one attached hydrogen (secondary N) is 1. The van der Waals surface area contributed by atoms with E-state index in [-0.39, 0.29) is 11.3 Å². The molecular weight excluding hydrogens is 304 g/mol. The van der Waals surface area contributed by atoms with Gasteiger partial charge in [0.1, 0.15) is 11.3 Å². The Bertz CT molecular complexity index is 742. The number of para-hydroxylation sites is 1. The Morgan fingerprint density at radius 1 is 1.13 bits per heavy atom. The van der Waals surface area contributed by atoms with Crippen molar-refractivity contribution in [2.45, 2.75) is 0 Å². The van der Waals surface area contributed by atoms with Crippen LogP contribution < -0.4 is 10.1 Å². The monoisotopic (exact) mass is 316 g/mol. The molecule has 118 valence electrons. The number of carbonyl (C=O) groups excluding carboxylic acids is 1. The van der Waals surface area contributed by atoms with Crippen molar-refractivity contribution in [1.29, 1.82) is 0 Å². The summed E-state index contributed by atoms with van der Waals surface area (Å²) in [5.74, 6) is -1.38. The Morgan fingerprint density at radius 2 is 1.78 bits per heavy atom. The highest BCUT2D eigenvalue weighted by molar-refractivity contribution is 6.07. The number of nitrogens with zero attached hydrogens (tertiary/aromatic N) is 1. The van der Waals surface area contributed by atoms with Gasteiger partial charge in [0.15, 0.2) is 6.61 Å². The van der Waals surface area contributed by atoms with E-state index in [2.05, 4.69) is 5.32 Å². The van der Waals surface area contributed by atoms with Crippen molar-refractivity contribution in [3.05, 3.63) is 64.2 Å². The van der Waals surface area contributed by atoms with Gasteiger partial charge < -0.3 is 15.2 Å². The summed E-state index contributed by atoms with van der Waals surface area (Å²) < 4.78 is 4.96. The molecule has 1 amide bonds. The SMILES string of the molecule is O=C(O)COc1ccc(NC(=O)c2ccccc2[N+](=O)[O-])cc1. The van der Waals surface area contributed by atoms with E-state index in [1.165, 1.54) is 48.5 Å². The first-order valence-corrected chi connectivity index (χ1v) is 6.47. The van der Waals surface area contributed by atoms with Gasteiger partial charge in [0.05, 0.1) is 4.92 Å². The fourth-order valence-corrected chi connectivity index (χ4v) is 1.80. The van der Waals surface area contributed by atoms with Gasteiger partial charge in [-0.1, -0.05) is 12.1 Å². The molecule has 0 unspecified atom stereocenters. The predicted octanol–water partition coefficient (Wildman–Crippen LogP) is 2.31. The first kappa shape index (κ1) is 16.0. The maximum absolute atomic E-state index is 12.1. The lowest BCUT2D eigenvalue weighted by Crippen LogP contribution is -2.14. The molecule has 2 N–H and O–H groups in total. The maximum Gasteiger partial charge on any atom is 0.341 e. The van der Waals surface area contributed by atoms with Crippen LogP contribution in [0.2, 0.25) is 0 Å². The molecule has 0 aliphatic heterocycles. The number of carboxylic acids is 1. The standard InChI is InChI=1S/C15H12N2O6/c18-14(19)9-23-11-7-5-10(6-8-11)16-15(20)12-3-1-2-4-13(12)17(21)22/h1-8H,9H2,(H,16,20)(H,18,19). The van der Waals surface area contributed by atoms with Gasteiger partial charge in [-0.15, -0.1) is 0 Å². The largest absolute Gasteiger partial charge is 0.482 e. The van der Waals surface area contributed by atoms with Gasteiger partial charge in [-0.2, -0.15) is 0 Å². The second-order valence-corrected chi connectivity index (χ2v) is 4.44. The van der Waals surface area contributed by atoms with Crippen molar-refractivity contribution in [2.75, 3.05) is 11.9 Å².